The van der Waals surface area contributed by atoms with E-state index in [-0.39, 0.29) is 16.5 Å². The van der Waals surface area contributed by atoms with Crippen molar-refractivity contribution in [3.05, 3.63) is 29.8 Å². The quantitative estimate of drug-likeness (QED) is 0.377. The molecule has 0 radical (unpaired) electrons. The lowest BCUT2D eigenvalue weighted by atomic mass is 10.2. The van der Waals surface area contributed by atoms with Crippen molar-refractivity contribution in [1.82, 2.24) is 16.2 Å². The van der Waals surface area contributed by atoms with Gasteiger partial charge in [-0.3, -0.25) is 4.79 Å². The molecule has 9 nitrogen and oxygen atoms in total. The van der Waals surface area contributed by atoms with Crippen LogP contribution in [0, 0.1) is 0 Å². The molecule has 0 fully saturated rings. The van der Waals surface area contributed by atoms with Gasteiger partial charge in [0.2, 0.25) is 5.91 Å². The average molecular weight is 323 g/mol. The van der Waals surface area contributed by atoms with E-state index >= 15 is 0 Å². The molecule has 5 N–H and O–H groups in total. The van der Waals surface area contributed by atoms with Crippen LogP contribution in [-0.2, 0) is 4.79 Å². The predicted octanol–water partition coefficient (Wildman–Crippen LogP) is -0.480. The summed E-state index contributed by atoms with van der Waals surface area (Å²) in [6.45, 7) is 0. The fourth-order valence-electron chi connectivity index (χ4n) is 1.41. The number of thioether (sulfide) groups is 1. The van der Waals surface area contributed by atoms with Crippen LogP contribution in [0.15, 0.2) is 34.5 Å². The Bertz CT molecular complexity index is 616. The molecule has 0 aliphatic carbocycles. The monoisotopic (exact) mass is 323 g/mol. The first kappa shape index (κ1) is 15.8. The Kier molecular flexibility index (Phi) is 5.33. The molecule has 116 valence electrons. The molecule has 2 rings (SSSR count). The highest BCUT2D eigenvalue weighted by Gasteiger charge is 2.21. The van der Waals surface area contributed by atoms with Crippen LogP contribution in [-0.4, -0.2) is 45.4 Å². The fraction of sp³-hybridized carbons (Fsp3) is 0.167. The molecular formula is C12H13N5O4S. The highest BCUT2D eigenvalue weighted by molar-refractivity contribution is 8.14. The van der Waals surface area contributed by atoms with Gasteiger partial charge in [0.1, 0.15) is 10.8 Å². The van der Waals surface area contributed by atoms with Gasteiger partial charge in [-0.1, -0.05) is 11.8 Å². The van der Waals surface area contributed by atoms with Gasteiger partial charge in [0.25, 0.3) is 0 Å². The number of rotatable bonds is 4. The summed E-state index contributed by atoms with van der Waals surface area (Å²) in [5.41, 5.74) is 5.16. The van der Waals surface area contributed by atoms with E-state index in [9.17, 15) is 14.7 Å². The van der Waals surface area contributed by atoms with Crippen molar-refractivity contribution >= 4 is 35.0 Å². The number of hydrogen-bond donors (Lipinski definition) is 5. The maximum Gasteiger partial charge on any atom is 0.337 e. The number of benzene rings is 1. The Morgan fingerprint density at radius 2 is 2.18 bits per heavy atom. The number of carbonyl (C=O) groups is 2. The van der Waals surface area contributed by atoms with Gasteiger partial charge in [0.15, 0.2) is 6.23 Å². The maximum absolute atomic E-state index is 11.6. The fourth-order valence-corrected chi connectivity index (χ4v) is 2.08. The molecule has 3 amide bonds. The summed E-state index contributed by atoms with van der Waals surface area (Å²) in [6.07, 6.45) is 0.198. The molecule has 1 aromatic carbocycles. The Morgan fingerprint density at radius 1 is 1.45 bits per heavy atom. The lowest BCUT2D eigenvalue weighted by molar-refractivity contribution is -0.118. The summed E-state index contributed by atoms with van der Waals surface area (Å²) in [7, 11) is 0. The van der Waals surface area contributed by atoms with Gasteiger partial charge in [-0.05, 0) is 29.8 Å². The molecule has 0 saturated heterocycles. The number of aromatic hydroxyl groups is 1. The number of hydrazone groups is 2. The maximum atomic E-state index is 11.6. The number of amides is 3. The van der Waals surface area contributed by atoms with Crippen LogP contribution >= 0.6 is 11.8 Å². The van der Waals surface area contributed by atoms with E-state index in [4.69, 9.17) is 5.11 Å². The largest absolute Gasteiger partial charge is 0.508 e. The molecule has 0 bridgehead atoms. The number of phenols is 1. The molecule has 0 saturated carbocycles. The number of phenolic OH excluding ortho intramolecular Hbond substituents is 1. The van der Waals surface area contributed by atoms with Gasteiger partial charge in [-0.25, -0.2) is 15.6 Å². The van der Waals surface area contributed by atoms with Crippen molar-refractivity contribution in [2.24, 2.45) is 10.2 Å². The van der Waals surface area contributed by atoms with Crippen LogP contribution in [0.1, 0.15) is 5.56 Å². The van der Waals surface area contributed by atoms with Crippen LogP contribution in [0.5, 0.6) is 5.75 Å². The van der Waals surface area contributed by atoms with E-state index < -0.39 is 18.2 Å². The summed E-state index contributed by atoms with van der Waals surface area (Å²) < 4.78 is 0. The number of carbonyl (C=O) groups excluding carboxylic acids is 2. The third-order valence-electron chi connectivity index (χ3n) is 2.42. The third kappa shape index (κ3) is 4.75. The topological polar surface area (TPSA) is 135 Å². The van der Waals surface area contributed by atoms with Crippen molar-refractivity contribution < 1.29 is 19.8 Å². The molecule has 1 atom stereocenters. The zero-order valence-electron chi connectivity index (χ0n) is 11.2. The first-order chi connectivity index (χ1) is 10.5. The van der Waals surface area contributed by atoms with Gasteiger partial charge in [-0.2, -0.15) is 10.2 Å². The van der Waals surface area contributed by atoms with E-state index in [1.165, 1.54) is 18.3 Å². The molecule has 1 unspecified atom stereocenters. The Morgan fingerprint density at radius 3 is 2.86 bits per heavy atom. The zero-order valence-corrected chi connectivity index (χ0v) is 12.0. The molecular weight excluding hydrogens is 310 g/mol. The molecule has 1 aliphatic rings. The summed E-state index contributed by atoms with van der Waals surface area (Å²) in [5.74, 6) is -0.280. The summed E-state index contributed by atoms with van der Waals surface area (Å²) in [4.78, 5) is 22.4. The number of nitrogens with one attached hydrogen (secondary N) is 3. The zero-order chi connectivity index (χ0) is 15.9. The number of nitrogens with zero attached hydrogens (tertiary/aromatic N) is 2. The van der Waals surface area contributed by atoms with Crippen LogP contribution in [0.25, 0.3) is 0 Å². The van der Waals surface area contributed by atoms with Gasteiger partial charge >= 0.3 is 6.03 Å². The minimum atomic E-state index is -1.23. The smallest absolute Gasteiger partial charge is 0.337 e. The first-order valence-electron chi connectivity index (χ1n) is 6.10. The van der Waals surface area contributed by atoms with Crippen LogP contribution in [0.3, 0.4) is 0 Å². The minimum Gasteiger partial charge on any atom is -0.508 e. The Hall–Kier alpha value is -2.59. The highest BCUT2D eigenvalue weighted by Crippen LogP contribution is 2.09. The van der Waals surface area contributed by atoms with Crippen LogP contribution in [0.2, 0.25) is 0 Å². The van der Waals surface area contributed by atoms with Gasteiger partial charge in [0.05, 0.1) is 12.0 Å². The molecule has 1 aliphatic heterocycles. The predicted molar refractivity (Wildman–Crippen MR) is 81.4 cm³/mol. The lowest BCUT2D eigenvalue weighted by Crippen LogP contribution is -2.49. The summed E-state index contributed by atoms with van der Waals surface area (Å²) in [6, 6.07) is 5.67. The SMILES string of the molecule is O=C(CSC1=NNC(=O)NC1O)N/N=C/c1ccc(O)cc1. The molecule has 0 spiro atoms. The third-order valence-corrected chi connectivity index (χ3v) is 3.43. The molecule has 10 heteroatoms. The number of urea groups is 1. The molecule has 1 aromatic rings. The van der Waals surface area contributed by atoms with Crippen LogP contribution in [0.4, 0.5) is 4.79 Å². The van der Waals surface area contributed by atoms with Crippen molar-refractivity contribution in [3.63, 3.8) is 0 Å². The van der Waals surface area contributed by atoms with Crippen molar-refractivity contribution in [2.75, 3.05) is 5.75 Å². The second kappa shape index (κ2) is 7.43. The van der Waals surface area contributed by atoms with Crippen molar-refractivity contribution in [3.8, 4) is 5.75 Å². The standard InChI is InChI=1S/C12H13N5O4S/c18-8-3-1-7(2-4-8)5-13-15-9(19)6-22-11-10(20)14-12(21)17-16-11/h1-5,10,18,20H,6H2,(H,15,19)(H2,14,17,21)/b13-5+. The molecule has 1 heterocycles. The Labute approximate surface area is 129 Å². The molecule has 22 heavy (non-hydrogen) atoms. The lowest BCUT2D eigenvalue weighted by Gasteiger charge is -2.18. The normalized spacial score (nSPS) is 17.6. The van der Waals surface area contributed by atoms with Gasteiger partial charge in [-0.15, -0.1) is 0 Å². The Balaban J connectivity index is 1.76. The summed E-state index contributed by atoms with van der Waals surface area (Å²) >= 11 is 0.968. The second-order valence-electron chi connectivity index (χ2n) is 4.11. The average Bonchev–Trinajstić information content (AvgIpc) is 2.48. The first-order valence-corrected chi connectivity index (χ1v) is 7.09. The van der Waals surface area contributed by atoms with Gasteiger partial charge < -0.3 is 15.5 Å². The van der Waals surface area contributed by atoms with E-state index in [1.54, 1.807) is 12.1 Å². The molecule has 0 aromatic heterocycles. The number of hydrogen-bond acceptors (Lipinski definition) is 7. The summed E-state index contributed by atoms with van der Waals surface area (Å²) in [5, 5.41) is 28.4. The highest BCUT2D eigenvalue weighted by atomic mass is 32.2. The van der Waals surface area contributed by atoms with E-state index in [2.05, 4.69) is 26.4 Å². The van der Waals surface area contributed by atoms with Gasteiger partial charge in [0, 0.05) is 0 Å². The second-order valence-corrected chi connectivity index (χ2v) is 5.11. The van der Waals surface area contributed by atoms with E-state index in [0.717, 1.165) is 11.8 Å². The van der Waals surface area contributed by atoms with Crippen molar-refractivity contribution in [2.45, 2.75) is 6.23 Å². The minimum absolute atomic E-state index is 0.0274. The van der Waals surface area contributed by atoms with E-state index in [0.29, 0.717) is 5.56 Å². The van der Waals surface area contributed by atoms with E-state index in [1.807, 2.05) is 0 Å². The van der Waals surface area contributed by atoms with Crippen molar-refractivity contribution in [1.29, 1.82) is 0 Å². The number of aliphatic hydroxyl groups excluding tert-OH is 1. The number of aliphatic hydroxyl groups is 1. The van der Waals surface area contributed by atoms with Crippen LogP contribution < -0.4 is 16.2 Å².